The molecular weight excluding hydrogens is 292 g/mol. The number of carbonyl (C=O) groups excluding carboxylic acids is 1. The molecule has 0 spiro atoms. The molecule has 0 saturated carbocycles. The number of amides is 1. The number of aromatic amines is 1. The van der Waals surface area contributed by atoms with Crippen LogP contribution in [0.3, 0.4) is 0 Å². The van der Waals surface area contributed by atoms with Crippen molar-refractivity contribution in [3.05, 3.63) is 40.9 Å². The van der Waals surface area contributed by atoms with E-state index < -0.39 is 0 Å². The van der Waals surface area contributed by atoms with Crippen LogP contribution < -0.4 is 5.56 Å². The maximum atomic E-state index is 12.6. The number of likely N-dealkylation sites (tertiary alicyclic amines) is 1. The number of nitrogens with one attached hydrogen (secondary N) is 1. The molecule has 3 aromatic rings. The Labute approximate surface area is 132 Å². The van der Waals surface area contributed by atoms with Gasteiger partial charge in [0.05, 0.1) is 6.33 Å². The van der Waals surface area contributed by atoms with Gasteiger partial charge in [0.15, 0.2) is 0 Å². The SMILES string of the molecule is O=C1CCCN1CCCn1cnc2c([nH]c3ccccc32)c1=O. The van der Waals surface area contributed by atoms with Crippen LogP contribution >= 0.6 is 0 Å². The van der Waals surface area contributed by atoms with Crippen LogP contribution in [0.1, 0.15) is 19.3 Å². The lowest BCUT2D eigenvalue weighted by Crippen LogP contribution is -2.28. The maximum absolute atomic E-state index is 12.6. The van der Waals surface area contributed by atoms with Crippen LogP contribution in [0, 0.1) is 0 Å². The quantitative estimate of drug-likeness (QED) is 0.800. The van der Waals surface area contributed by atoms with E-state index >= 15 is 0 Å². The molecule has 3 heterocycles. The fourth-order valence-corrected chi connectivity index (χ4v) is 3.27. The fraction of sp³-hybridized carbons (Fsp3) is 0.353. The number of carbonyl (C=O) groups is 1. The molecule has 0 atom stereocenters. The summed E-state index contributed by atoms with van der Waals surface area (Å²) in [6.07, 6.45) is 3.97. The lowest BCUT2D eigenvalue weighted by Gasteiger charge is -2.15. The number of fused-ring (bicyclic) bond motifs is 3. The number of aromatic nitrogens is 3. The Morgan fingerprint density at radius 2 is 2.04 bits per heavy atom. The highest BCUT2D eigenvalue weighted by Crippen LogP contribution is 2.20. The summed E-state index contributed by atoms with van der Waals surface area (Å²) in [7, 11) is 0. The summed E-state index contributed by atoms with van der Waals surface area (Å²) in [5.74, 6) is 0.224. The average molecular weight is 310 g/mol. The van der Waals surface area contributed by atoms with E-state index in [1.54, 1.807) is 10.9 Å². The van der Waals surface area contributed by atoms with Crippen molar-refractivity contribution in [2.24, 2.45) is 0 Å². The molecule has 118 valence electrons. The number of benzene rings is 1. The monoisotopic (exact) mass is 310 g/mol. The number of nitrogens with zero attached hydrogens (tertiary/aromatic N) is 3. The predicted molar refractivity (Wildman–Crippen MR) is 88.3 cm³/mol. The van der Waals surface area contributed by atoms with Crippen molar-refractivity contribution in [1.82, 2.24) is 19.4 Å². The minimum Gasteiger partial charge on any atom is -0.349 e. The van der Waals surface area contributed by atoms with E-state index in [9.17, 15) is 9.59 Å². The van der Waals surface area contributed by atoms with Gasteiger partial charge in [-0.1, -0.05) is 18.2 Å². The number of hydrogen-bond acceptors (Lipinski definition) is 3. The van der Waals surface area contributed by atoms with Gasteiger partial charge >= 0.3 is 0 Å². The first-order chi connectivity index (χ1) is 11.2. The van der Waals surface area contributed by atoms with Gasteiger partial charge in [-0.05, 0) is 18.9 Å². The van der Waals surface area contributed by atoms with E-state index in [1.807, 2.05) is 29.2 Å². The van der Waals surface area contributed by atoms with Crippen LogP contribution in [0.15, 0.2) is 35.4 Å². The molecule has 1 fully saturated rings. The first-order valence-electron chi connectivity index (χ1n) is 7.98. The zero-order chi connectivity index (χ0) is 15.8. The molecule has 1 saturated heterocycles. The Balaban J connectivity index is 1.58. The molecule has 0 unspecified atom stereocenters. The predicted octanol–water partition coefficient (Wildman–Crippen LogP) is 1.89. The van der Waals surface area contributed by atoms with E-state index in [4.69, 9.17) is 0 Å². The van der Waals surface area contributed by atoms with Crippen molar-refractivity contribution >= 4 is 27.8 Å². The van der Waals surface area contributed by atoms with Gasteiger partial charge < -0.3 is 9.88 Å². The molecule has 6 nitrogen and oxygen atoms in total. The third kappa shape index (κ3) is 2.40. The minimum atomic E-state index is -0.0565. The summed E-state index contributed by atoms with van der Waals surface area (Å²) in [6.45, 7) is 2.12. The molecule has 6 heteroatoms. The highest BCUT2D eigenvalue weighted by atomic mass is 16.2. The Morgan fingerprint density at radius 3 is 2.87 bits per heavy atom. The highest BCUT2D eigenvalue weighted by Gasteiger charge is 2.19. The normalized spacial score (nSPS) is 15.1. The van der Waals surface area contributed by atoms with E-state index in [2.05, 4.69) is 9.97 Å². The van der Waals surface area contributed by atoms with Crippen LogP contribution in [0.4, 0.5) is 0 Å². The van der Waals surface area contributed by atoms with Gasteiger partial charge in [0, 0.05) is 37.0 Å². The number of rotatable bonds is 4. The third-order valence-electron chi connectivity index (χ3n) is 4.48. The average Bonchev–Trinajstić information content (AvgIpc) is 3.14. The number of aryl methyl sites for hydroxylation is 1. The van der Waals surface area contributed by atoms with Gasteiger partial charge in [-0.15, -0.1) is 0 Å². The molecule has 0 aliphatic carbocycles. The Bertz CT molecular complexity index is 941. The topological polar surface area (TPSA) is 71.0 Å². The largest absolute Gasteiger partial charge is 0.349 e. The summed E-state index contributed by atoms with van der Waals surface area (Å²) >= 11 is 0. The van der Waals surface area contributed by atoms with Crippen molar-refractivity contribution in [3.63, 3.8) is 0 Å². The van der Waals surface area contributed by atoms with Crippen LogP contribution in [-0.4, -0.2) is 38.4 Å². The Morgan fingerprint density at radius 1 is 1.17 bits per heavy atom. The van der Waals surface area contributed by atoms with Crippen molar-refractivity contribution in [3.8, 4) is 0 Å². The van der Waals surface area contributed by atoms with Crippen molar-refractivity contribution in [2.75, 3.05) is 13.1 Å². The number of hydrogen-bond donors (Lipinski definition) is 1. The zero-order valence-electron chi connectivity index (χ0n) is 12.8. The molecule has 1 aliphatic rings. The Hall–Kier alpha value is -2.63. The van der Waals surface area contributed by atoms with Crippen LogP contribution in [-0.2, 0) is 11.3 Å². The minimum absolute atomic E-state index is 0.0565. The van der Waals surface area contributed by atoms with Crippen molar-refractivity contribution in [1.29, 1.82) is 0 Å². The van der Waals surface area contributed by atoms with Gasteiger partial charge in [0.1, 0.15) is 11.0 Å². The summed E-state index contributed by atoms with van der Waals surface area (Å²) < 4.78 is 1.62. The van der Waals surface area contributed by atoms with Gasteiger partial charge in [-0.2, -0.15) is 0 Å². The highest BCUT2D eigenvalue weighted by molar-refractivity contribution is 6.04. The van der Waals surface area contributed by atoms with Crippen molar-refractivity contribution in [2.45, 2.75) is 25.8 Å². The molecular formula is C17H18N4O2. The van der Waals surface area contributed by atoms with Crippen LogP contribution in [0.2, 0.25) is 0 Å². The van der Waals surface area contributed by atoms with Gasteiger partial charge in [0.2, 0.25) is 5.91 Å². The summed E-state index contributed by atoms with van der Waals surface area (Å²) in [4.78, 5) is 33.7. The molecule has 0 bridgehead atoms. The standard InChI is InChI=1S/C17H18N4O2/c22-14-7-3-8-20(14)9-4-10-21-11-18-15-12-5-1-2-6-13(12)19-16(15)17(21)23/h1-2,5-6,11,19H,3-4,7-10H2. The molecule has 1 N–H and O–H groups in total. The molecule has 23 heavy (non-hydrogen) atoms. The smallest absolute Gasteiger partial charge is 0.277 e. The second kappa shape index (κ2) is 5.53. The second-order valence-electron chi connectivity index (χ2n) is 5.98. The number of para-hydroxylation sites is 1. The molecule has 0 radical (unpaired) electrons. The summed E-state index contributed by atoms with van der Waals surface area (Å²) in [5.41, 5.74) is 2.13. The van der Waals surface area contributed by atoms with E-state index in [0.29, 0.717) is 25.0 Å². The lowest BCUT2D eigenvalue weighted by molar-refractivity contribution is -0.127. The van der Waals surface area contributed by atoms with Crippen LogP contribution in [0.25, 0.3) is 21.9 Å². The van der Waals surface area contributed by atoms with E-state index in [1.165, 1.54) is 0 Å². The second-order valence-corrected chi connectivity index (χ2v) is 5.98. The summed E-state index contributed by atoms with van der Waals surface area (Å²) in [5, 5.41) is 0.967. The molecule has 1 aromatic carbocycles. The van der Waals surface area contributed by atoms with Crippen LogP contribution in [0.5, 0.6) is 0 Å². The maximum Gasteiger partial charge on any atom is 0.277 e. The van der Waals surface area contributed by atoms with Gasteiger partial charge in [-0.3, -0.25) is 14.2 Å². The molecule has 4 rings (SSSR count). The first kappa shape index (κ1) is 14.0. The summed E-state index contributed by atoms with van der Waals surface area (Å²) in [6, 6.07) is 7.78. The van der Waals surface area contributed by atoms with Gasteiger partial charge in [-0.25, -0.2) is 4.98 Å². The molecule has 2 aromatic heterocycles. The lowest BCUT2D eigenvalue weighted by atomic mass is 10.2. The fourth-order valence-electron chi connectivity index (χ4n) is 3.27. The first-order valence-corrected chi connectivity index (χ1v) is 7.98. The van der Waals surface area contributed by atoms with Gasteiger partial charge in [0.25, 0.3) is 5.56 Å². The van der Waals surface area contributed by atoms with Crippen molar-refractivity contribution < 1.29 is 4.79 Å². The molecule has 1 aliphatic heterocycles. The molecule has 1 amide bonds. The Kier molecular flexibility index (Phi) is 3.37. The van der Waals surface area contributed by atoms with E-state index in [0.717, 1.165) is 35.8 Å². The zero-order valence-corrected chi connectivity index (χ0v) is 12.8. The number of H-pyrrole nitrogens is 1. The van der Waals surface area contributed by atoms with E-state index in [-0.39, 0.29) is 11.5 Å². The third-order valence-corrected chi connectivity index (χ3v) is 4.48.